The Morgan fingerprint density at radius 2 is 2.12 bits per heavy atom. The van der Waals surface area contributed by atoms with Crippen molar-refractivity contribution in [3.63, 3.8) is 0 Å². The van der Waals surface area contributed by atoms with Crippen LogP contribution in [0, 0.1) is 0 Å². The molecule has 174 valence electrons. The van der Waals surface area contributed by atoms with Gasteiger partial charge in [0.1, 0.15) is 17.0 Å². The molecule has 4 aromatic heterocycles. The summed E-state index contributed by atoms with van der Waals surface area (Å²) < 4.78 is 1.83. The van der Waals surface area contributed by atoms with Gasteiger partial charge in [0, 0.05) is 35.9 Å². The van der Waals surface area contributed by atoms with E-state index in [1.165, 1.54) is 11.8 Å². The molecule has 0 aliphatic carbocycles. The second kappa shape index (κ2) is 8.73. The van der Waals surface area contributed by atoms with Gasteiger partial charge < -0.3 is 14.8 Å². The second-order valence-electron chi connectivity index (χ2n) is 8.92. The van der Waals surface area contributed by atoms with E-state index < -0.39 is 0 Å². The van der Waals surface area contributed by atoms with Gasteiger partial charge in [0.15, 0.2) is 10.8 Å². The van der Waals surface area contributed by atoms with Crippen LogP contribution in [0.3, 0.4) is 0 Å². The number of nitrogens with zero attached hydrogens (tertiary/aromatic N) is 8. The van der Waals surface area contributed by atoms with Crippen LogP contribution < -0.4 is 4.90 Å². The van der Waals surface area contributed by atoms with Gasteiger partial charge in [-0.3, -0.25) is 0 Å². The topological polar surface area (TPSA) is 91.6 Å². The van der Waals surface area contributed by atoms with Gasteiger partial charge in [-0.1, -0.05) is 23.7 Å². The molecule has 5 rings (SSSR count). The van der Waals surface area contributed by atoms with E-state index in [4.69, 9.17) is 21.6 Å². The van der Waals surface area contributed by atoms with Crippen LogP contribution in [0.4, 0.5) is 5.82 Å². The number of hydrogen-bond donors (Lipinski definition) is 1. The summed E-state index contributed by atoms with van der Waals surface area (Å²) in [6.45, 7) is 8.07. The monoisotopic (exact) mass is 485 g/mol. The number of hydrogen-bond acceptors (Lipinski definition) is 8. The van der Waals surface area contributed by atoms with Gasteiger partial charge in [0.05, 0.1) is 16.5 Å². The molecule has 0 unspecified atom stereocenters. The number of aryl methyl sites for hydroxylation is 1. The van der Waals surface area contributed by atoms with Crippen LogP contribution in [0.1, 0.15) is 38.9 Å². The number of fused-ring (bicyclic) bond motifs is 2. The average molecular weight is 486 g/mol. The van der Waals surface area contributed by atoms with Gasteiger partial charge in [0.2, 0.25) is 0 Å². The van der Waals surface area contributed by atoms with Crippen LogP contribution in [0.5, 0.6) is 0 Å². The van der Waals surface area contributed by atoms with Crippen molar-refractivity contribution in [3.8, 4) is 0 Å². The Morgan fingerprint density at radius 3 is 2.82 bits per heavy atom. The van der Waals surface area contributed by atoms with Crippen molar-refractivity contribution in [3.05, 3.63) is 23.0 Å². The third kappa shape index (κ3) is 4.04. The minimum absolute atomic E-state index is 0.200. The first-order valence-corrected chi connectivity index (χ1v) is 12.4. The van der Waals surface area contributed by atoms with E-state index in [-0.39, 0.29) is 6.04 Å². The lowest BCUT2D eigenvalue weighted by molar-refractivity contribution is 0.315. The molecule has 1 aliphatic rings. The lowest BCUT2D eigenvalue weighted by Gasteiger charge is -2.22. The SMILES string of the molecule is CCc1[nH]c2nc(Sc3cnc4c(c3)nnn4C(C)C)nc(N3CC[C@@H](N(C)C)C3)c2c1Cl. The molecule has 0 saturated carbocycles. The maximum atomic E-state index is 6.76. The molecule has 1 N–H and O–H groups in total. The van der Waals surface area contributed by atoms with Crippen LogP contribution in [0.15, 0.2) is 22.3 Å². The van der Waals surface area contributed by atoms with Crippen molar-refractivity contribution in [2.75, 3.05) is 32.1 Å². The highest BCUT2D eigenvalue weighted by molar-refractivity contribution is 7.99. The number of rotatable bonds is 6. The summed E-state index contributed by atoms with van der Waals surface area (Å²) >= 11 is 8.24. The molecule has 0 spiro atoms. The predicted octanol–water partition coefficient (Wildman–Crippen LogP) is 4.19. The van der Waals surface area contributed by atoms with Gasteiger partial charge in [0.25, 0.3) is 0 Å². The molecule has 0 bridgehead atoms. The van der Waals surface area contributed by atoms with E-state index in [1.807, 2.05) is 16.9 Å². The number of nitrogens with one attached hydrogen (secondary N) is 1. The predicted molar refractivity (Wildman–Crippen MR) is 132 cm³/mol. The van der Waals surface area contributed by atoms with E-state index in [9.17, 15) is 0 Å². The van der Waals surface area contributed by atoms with Crippen molar-refractivity contribution in [1.82, 2.24) is 39.8 Å². The van der Waals surface area contributed by atoms with Crippen molar-refractivity contribution in [2.45, 2.75) is 55.7 Å². The quantitative estimate of drug-likeness (QED) is 0.406. The number of H-pyrrole nitrogens is 1. The summed E-state index contributed by atoms with van der Waals surface area (Å²) in [6, 6.07) is 2.68. The molecule has 1 aliphatic heterocycles. The van der Waals surface area contributed by atoms with Crippen molar-refractivity contribution < 1.29 is 0 Å². The fourth-order valence-corrected chi connectivity index (χ4v) is 5.38. The van der Waals surface area contributed by atoms with E-state index >= 15 is 0 Å². The zero-order chi connectivity index (χ0) is 23.3. The highest BCUT2D eigenvalue weighted by Crippen LogP contribution is 2.38. The molecule has 1 atom stereocenters. The van der Waals surface area contributed by atoms with E-state index in [0.717, 1.165) is 69.6 Å². The number of pyridine rings is 1. The van der Waals surface area contributed by atoms with Crippen molar-refractivity contribution in [2.24, 2.45) is 0 Å². The fraction of sp³-hybridized carbons (Fsp3) is 0.500. The molecule has 9 nitrogen and oxygen atoms in total. The summed E-state index contributed by atoms with van der Waals surface area (Å²) in [6.07, 6.45) is 3.73. The number of aromatic nitrogens is 7. The smallest absolute Gasteiger partial charge is 0.196 e. The minimum Gasteiger partial charge on any atom is -0.354 e. The molecule has 0 radical (unpaired) electrons. The third-order valence-electron chi connectivity index (χ3n) is 6.16. The van der Waals surface area contributed by atoms with Crippen molar-refractivity contribution in [1.29, 1.82) is 0 Å². The van der Waals surface area contributed by atoms with Gasteiger partial charge in [-0.2, -0.15) is 0 Å². The molecule has 11 heteroatoms. The Kier molecular flexibility index (Phi) is 5.92. The Bertz CT molecular complexity index is 1310. The summed E-state index contributed by atoms with van der Waals surface area (Å²) in [5.41, 5.74) is 3.31. The van der Waals surface area contributed by atoms with Gasteiger partial charge in [-0.05, 0) is 58.6 Å². The van der Waals surface area contributed by atoms with Crippen molar-refractivity contribution >= 4 is 51.4 Å². The van der Waals surface area contributed by atoms with Crippen LogP contribution in [0.25, 0.3) is 22.2 Å². The molecular formula is C22H28ClN9S. The first kappa shape index (κ1) is 22.4. The standard InChI is InChI=1S/C22H28ClN9S/c1-6-15-18(23)17-19(25-15)26-22(27-21(17)31-8-7-13(11-31)30(4)5)33-14-9-16-20(24-10-14)32(12(2)3)29-28-16/h9-10,12-13H,6-8,11H2,1-5H3,(H,25,26,27)/t13-/m1/s1. The number of aromatic amines is 1. The molecule has 5 heterocycles. The lowest BCUT2D eigenvalue weighted by atomic mass is 10.2. The fourth-order valence-electron chi connectivity index (χ4n) is 4.27. The maximum absolute atomic E-state index is 6.76. The van der Waals surface area contributed by atoms with Crippen LogP contribution in [-0.4, -0.2) is 73.1 Å². The third-order valence-corrected chi connectivity index (χ3v) is 7.40. The van der Waals surface area contributed by atoms with Crippen LogP contribution in [-0.2, 0) is 6.42 Å². The number of anilines is 1. The van der Waals surface area contributed by atoms with Crippen LogP contribution in [0.2, 0.25) is 5.02 Å². The second-order valence-corrected chi connectivity index (χ2v) is 10.3. The number of likely N-dealkylation sites (N-methyl/N-ethyl adjacent to an activating group) is 1. The molecule has 1 fully saturated rings. The average Bonchev–Trinajstić information content (AvgIpc) is 3.50. The summed E-state index contributed by atoms with van der Waals surface area (Å²) in [7, 11) is 4.25. The Hall–Kier alpha value is -2.43. The first-order valence-electron chi connectivity index (χ1n) is 11.2. The highest BCUT2D eigenvalue weighted by Gasteiger charge is 2.29. The number of halogens is 1. The summed E-state index contributed by atoms with van der Waals surface area (Å²) in [5, 5.41) is 10.8. The normalized spacial score (nSPS) is 16.8. The molecule has 33 heavy (non-hydrogen) atoms. The largest absolute Gasteiger partial charge is 0.354 e. The van der Waals surface area contributed by atoms with Gasteiger partial charge in [-0.25, -0.2) is 19.6 Å². The lowest BCUT2D eigenvalue weighted by Crippen LogP contribution is -2.31. The Balaban J connectivity index is 1.54. The highest BCUT2D eigenvalue weighted by atomic mass is 35.5. The molecule has 4 aromatic rings. The van der Waals surface area contributed by atoms with E-state index in [2.05, 4.69) is 64.9 Å². The van der Waals surface area contributed by atoms with Gasteiger partial charge in [-0.15, -0.1) is 5.10 Å². The first-order chi connectivity index (χ1) is 15.9. The molecular weight excluding hydrogens is 458 g/mol. The zero-order valence-corrected chi connectivity index (χ0v) is 21.1. The van der Waals surface area contributed by atoms with Crippen LogP contribution >= 0.6 is 23.4 Å². The zero-order valence-electron chi connectivity index (χ0n) is 19.5. The Morgan fingerprint density at radius 1 is 1.30 bits per heavy atom. The molecule has 0 aromatic carbocycles. The van der Waals surface area contributed by atoms with E-state index in [1.54, 1.807) is 0 Å². The maximum Gasteiger partial charge on any atom is 0.196 e. The summed E-state index contributed by atoms with van der Waals surface area (Å²) in [4.78, 5) is 23.3. The molecule has 0 amide bonds. The minimum atomic E-state index is 0.200. The molecule has 1 saturated heterocycles. The van der Waals surface area contributed by atoms with E-state index in [0.29, 0.717) is 11.2 Å². The summed E-state index contributed by atoms with van der Waals surface area (Å²) in [5.74, 6) is 0.896. The van der Waals surface area contributed by atoms with Gasteiger partial charge >= 0.3 is 0 Å². The Labute approximate surface area is 201 Å².